The van der Waals surface area contributed by atoms with Crippen LogP contribution in [0, 0.1) is 0 Å². The molecule has 2 aliphatic heterocycles. The topological polar surface area (TPSA) is 76.0 Å². The summed E-state index contributed by atoms with van der Waals surface area (Å²) in [6.07, 6.45) is 33.5. The molecule has 2 heterocycles. The lowest BCUT2D eigenvalue weighted by molar-refractivity contribution is -0.139. The summed E-state index contributed by atoms with van der Waals surface area (Å²) in [5, 5.41) is 21.2. The van der Waals surface area contributed by atoms with Crippen LogP contribution in [0.3, 0.4) is 0 Å². The van der Waals surface area contributed by atoms with Gasteiger partial charge in [-0.25, -0.2) is 4.79 Å². The van der Waals surface area contributed by atoms with Crippen molar-refractivity contribution in [2.75, 3.05) is 0 Å². The van der Waals surface area contributed by atoms with Crippen molar-refractivity contribution < 1.29 is 24.5 Å². The molecule has 42 heavy (non-hydrogen) atoms. The van der Waals surface area contributed by atoms with Gasteiger partial charge in [0, 0.05) is 5.57 Å². The summed E-state index contributed by atoms with van der Waals surface area (Å²) in [5.41, 5.74) is 0.882. The molecule has 0 aromatic rings. The van der Waals surface area contributed by atoms with E-state index in [9.17, 15) is 15.0 Å². The molecule has 2 aliphatic rings. The molecular weight excluding hydrogens is 524 g/mol. The summed E-state index contributed by atoms with van der Waals surface area (Å²) in [6, 6.07) is 0. The van der Waals surface area contributed by atoms with Gasteiger partial charge in [0.1, 0.15) is 6.10 Å². The number of ether oxygens (including phenoxy) is 2. The molecule has 0 spiro atoms. The lowest BCUT2D eigenvalue weighted by Crippen LogP contribution is -2.31. The normalized spacial score (nSPS) is 22.0. The van der Waals surface area contributed by atoms with Gasteiger partial charge in [-0.1, -0.05) is 142 Å². The minimum Gasteiger partial charge on any atom is -0.455 e. The predicted octanol–water partition coefficient (Wildman–Crippen LogP) is 9.90. The number of esters is 1. The molecule has 1 fully saturated rings. The molecule has 2 unspecified atom stereocenters. The van der Waals surface area contributed by atoms with Crippen molar-refractivity contribution in [1.29, 1.82) is 0 Å². The van der Waals surface area contributed by atoms with E-state index in [1.807, 2.05) is 13.0 Å². The van der Waals surface area contributed by atoms with E-state index in [4.69, 9.17) is 9.47 Å². The molecule has 246 valence electrons. The van der Waals surface area contributed by atoms with Gasteiger partial charge < -0.3 is 19.7 Å². The SMILES string of the molecule is CCCCCCCCCC[C@H](O)C1CCC([C@@H](O)CCCCCCCCCCCCCCCCC2=C[C@H](C)OC2=O)O1. The molecule has 0 bridgehead atoms. The fourth-order valence-electron chi connectivity index (χ4n) is 6.72. The van der Waals surface area contributed by atoms with Crippen LogP contribution < -0.4 is 0 Å². The highest BCUT2D eigenvalue weighted by Gasteiger charge is 2.34. The zero-order chi connectivity index (χ0) is 30.3. The van der Waals surface area contributed by atoms with Gasteiger partial charge >= 0.3 is 5.97 Å². The second kappa shape index (κ2) is 24.4. The van der Waals surface area contributed by atoms with E-state index in [1.54, 1.807) is 0 Å². The Balaban J connectivity index is 1.30. The minimum atomic E-state index is -0.377. The van der Waals surface area contributed by atoms with Crippen molar-refractivity contribution in [1.82, 2.24) is 0 Å². The Kier molecular flexibility index (Phi) is 21.7. The Morgan fingerprint density at radius 3 is 1.40 bits per heavy atom. The third-order valence-corrected chi connectivity index (χ3v) is 9.48. The molecule has 0 aromatic carbocycles. The van der Waals surface area contributed by atoms with Crippen LogP contribution >= 0.6 is 0 Å². The zero-order valence-corrected chi connectivity index (χ0v) is 27.7. The number of carbonyl (C=O) groups is 1. The number of hydrogen-bond acceptors (Lipinski definition) is 5. The molecule has 5 nitrogen and oxygen atoms in total. The number of hydrogen-bond donors (Lipinski definition) is 2. The van der Waals surface area contributed by atoms with Crippen molar-refractivity contribution in [3.05, 3.63) is 11.6 Å². The number of aliphatic hydroxyl groups excluding tert-OH is 2. The van der Waals surface area contributed by atoms with E-state index in [0.29, 0.717) is 0 Å². The molecule has 0 amide bonds. The molecule has 0 aromatic heterocycles. The van der Waals surface area contributed by atoms with Crippen LogP contribution in [-0.4, -0.2) is 46.7 Å². The van der Waals surface area contributed by atoms with E-state index in [2.05, 4.69) is 6.92 Å². The van der Waals surface area contributed by atoms with E-state index in [1.165, 1.54) is 122 Å². The second-order valence-electron chi connectivity index (χ2n) is 13.5. The highest BCUT2D eigenvalue weighted by Crippen LogP contribution is 2.28. The van der Waals surface area contributed by atoms with Gasteiger partial charge in [0.05, 0.1) is 24.4 Å². The summed E-state index contributed by atoms with van der Waals surface area (Å²) < 4.78 is 11.2. The van der Waals surface area contributed by atoms with Gasteiger partial charge in [0.25, 0.3) is 0 Å². The monoisotopic (exact) mass is 593 g/mol. The van der Waals surface area contributed by atoms with Gasteiger partial charge in [-0.05, 0) is 51.5 Å². The maximum atomic E-state index is 11.6. The number of rotatable bonds is 28. The summed E-state index contributed by atoms with van der Waals surface area (Å²) in [4.78, 5) is 11.6. The Hall–Kier alpha value is -0.910. The molecule has 2 rings (SSSR count). The predicted molar refractivity (Wildman–Crippen MR) is 175 cm³/mol. The third-order valence-electron chi connectivity index (χ3n) is 9.48. The highest BCUT2D eigenvalue weighted by atomic mass is 16.5. The van der Waals surface area contributed by atoms with E-state index < -0.39 is 0 Å². The average molecular weight is 593 g/mol. The van der Waals surface area contributed by atoms with E-state index >= 15 is 0 Å². The highest BCUT2D eigenvalue weighted by molar-refractivity contribution is 5.90. The number of unbranched alkanes of at least 4 members (excludes halogenated alkanes) is 20. The quantitative estimate of drug-likeness (QED) is 0.0698. The summed E-state index contributed by atoms with van der Waals surface area (Å²) in [5.74, 6) is -0.106. The fourth-order valence-corrected chi connectivity index (χ4v) is 6.72. The molecule has 2 N–H and O–H groups in total. The summed E-state index contributed by atoms with van der Waals surface area (Å²) >= 11 is 0. The Morgan fingerprint density at radius 2 is 1.02 bits per heavy atom. The molecule has 0 radical (unpaired) electrons. The van der Waals surface area contributed by atoms with Crippen molar-refractivity contribution in [2.24, 2.45) is 0 Å². The first-order chi connectivity index (χ1) is 20.5. The van der Waals surface area contributed by atoms with Crippen LogP contribution in [0.1, 0.15) is 187 Å². The first kappa shape index (κ1) is 37.3. The van der Waals surface area contributed by atoms with Gasteiger partial charge in [0.15, 0.2) is 0 Å². The maximum Gasteiger partial charge on any atom is 0.334 e. The summed E-state index contributed by atoms with van der Waals surface area (Å²) in [7, 11) is 0. The summed E-state index contributed by atoms with van der Waals surface area (Å²) in [6.45, 7) is 4.18. The standard InChI is InChI=1S/C37H68O5/c1-3-4-5-6-7-17-20-23-26-33(38)35-28-29-36(42-35)34(39)27-24-21-18-15-13-11-9-8-10-12-14-16-19-22-25-32-30-31(2)41-37(32)40/h30-31,33-36,38-39H,3-29H2,1-2H3/t31-,33-,34-,35?,36?/m0/s1. The van der Waals surface area contributed by atoms with Crippen LogP contribution in [0.2, 0.25) is 0 Å². The molecule has 0 aliphatic carbocycles. The number of cyclic esters (lactones) is 1. The third kappa shape index (κ3) is 17.4. The smallest absolute Gasteiger partial charge is 0.334 e. The number of carbonyl (C=O) groups excluding carboxylic acids is 1. The minimum absolute atomic E-state index is 0.0343. The fraction of sp³-hybridized carbons (Fsp3) is 0.919. The van der Waals surface area contributed by atoms with Crippen LogP contribution in [0.15, 0.2) is 11.6 Å². The Bertz CT molecular complexity index is 692. The van der Waals surface area contributed by atoms with Crippen molar-refractivity contribution >= 4 is 5.97 Å². The van der Waals surface area contributed by atoms with Gasteiger partial charge in [-0.15, -0.1) is 0 Å². The molecule has 5 heteroatoms. The molecule has 5 atom stereocenters. The largest absolute Gasteiger partial charge is 0.455 e. The lowest BCUT2D eigenvalue weighted by Gasteiger charge is -2.22. The van der Waals surface area contributed by atoms with Crippen LogP contribution in [0.4, 0.5) is 0 Å². The van der Waals surface area contributed by atoms with Gasteiger partial charge in [-0.2, -0.15) is 0 Å². The Labute approximate surface area is 259 Å². The van der Waals surface area contributed by atoms with Gasteiger partial charge in [0.2, 0.25) is 0 Å². The Morgan fingerprint density at radius 1 is 0.643 bits per heavy atom. The molecular formula is C37H68O5. The average Bonchev–Trinajstić information content (AvgIpc) is 3.60. The molecule has 0 saturated carbocycles. The van der Waals surface area contributed by atoms with Crippen molar-refractivity contribution in [3.8, 4) is 0 Å². The van der Waals surface area contributed by atoms with Crippen LogP contribution in [0.5, 0.6) is 0 Å². The van der Waals surface area contributed by atoms with E-state index in [0.717, 1.165) is 56.9 Å². The lowest BCUT2D eigenvalue weighted by atomic mass is 10.00. The first-order valence-corrected chi connectivity index (χ1v) is 18.4. The maximum absolute atomic E-state index is 11.6. The van der Waals surface area contributed by atoms with Crippen molar-refractivity contribution in [3.63, 3.8) is 0 Å². The first-order valence-electron chi connectivity index (χ1n) is 18.4. The van der Waals surface area contributed by atoms with Crippen LogP contribution in [-0.2, 0) is 14.3 Å². The van der Waals surface area contributed by atoms with Gasteiger partial charge in [-0.3, -0.25) is 0 Å². The molecule has 1 saturated heterocycles. The van der Waals surface area contributed by atoms with Crippen LogP contribution in [0.25, 0.3) is 0 Å². The second-order valence-corrected chi connectivity index (χ2v) is 13.5. The number of aliphatic hydroxyl groups is 2. The van der Waals surface area contributed by atoms with Crippen molar-refractivity contribution in [2.45, 2.75) is 218 Å². The zero-order valence-electron chi connectivity index (χ0n) is 27.7. The van der Waals surface area contributed by atoms with E-state index in [-0.39, 0.29) is 36.5 Å².